The molecule has 2 aliphatic heterocycles. The summed E-state index contributed by atoms with van der Waals surface area (Å²) in [6, 6.07) is 1.60. The van der Waals surface area contributed by atoms with Crippen LogP contribution >= 0.6 is 0 Å². The summed E-state index contributed by atoms with van der Waals surface area (Å²) in [6.07, 6.45) is 5.17. The fourth-order valence-electron chi connectivity index (χ4n) is 2.92. The Kier molecular flexibility index (Phi) is 2.74. The molecule has 2 fully saturated rings. The predicted molar refractivity (Wildman–Crippen MR) is 54.5 cm³/mol. The molecule has 1 amide bonds. The van der Waals surface area contributed by atoms with E-state index in [0.717, 1.165) is 19.4 Å². The van der Waals surface area contributed by atoms with E-state index in [1.54, 1.807) is 0 Å². The minimum Gasteiger partial charge on any atom is -0.370 e. The number of fused-ring (bicyclic) bond motifs is 2. The average molecular weight is 197 g/mol. The second-order valence-corrected chi connectivity index (χ2v) is 4.57. The highest BCUT2D eigenvalue weighted by atomic mass is 16.1. The van der Waals surface area contributed by atoms with Gasteiger partial charge in [0, 0.05) is 31.1 Å². The van der Waals surface area contributed by atoms with E-state index in [0.29, 0.717) is 24.5 Å². The molecule has 0 aromatic carbocycles. The third-order valence-electron chi connectivity index (χ3n) is 3.54. The Morgan fingerprint density at radius 1 is 1.29 bits per heavy atom. The van der Waals surface area contributed by atoms with Gasteiger partial charge in [-0.25, -0.2) is 0 Å². The maximum Gasteiger partial charge on any atom is 0.218 e. The molecule has 2 saturated heterocycles. The summed E-state index contributed by atoms with van der Waals surface area (Å²) in [7, 11) is 0. The van der Waals surface area contributed by atoms with Gasteiger partial charge in [0.25, 0.3) is 0 Å². The number of amides is 1. The van der Waals surface area contributed by atoms with Gasteiger partial charge in [0.05, 0.1) is 0 Å². The van der Waals surface area contributed by atoms with Gasteiger partial charge in [0.15, 0.2) is 0 Å². The van der Waals surface area contributed by atoms with E-state index in [1.807, 2.05) is 0 Å². The summed E-state index contributed by atoms with van der Waals surface area (Å²) < 4.78 is 0. The molecule has 0 spiro atoms. The van der Waals surface area contributed by atoms with Gasteiger partial charge < -0.3 is 11.5 Å². The molecule has 4 nitrogen and oxygen atoms in total. The zero-order valence-corrected chi connectivity index (χ0v) is 8.48. The number of nitrogens with zero attached hydrogens (tertiary/aromatic N) is 1. The third-order valence-corrected chi connectivity index (χ3v) is 3.54. The first-order valence-corrected chi connectivity index (χ1v) is 5.46. The third kappa shape index (κ3) is 1.91. The Bertz CT molecular complexity index is 217. The van der Waals surface area contributed by atoms with Crippen molar-refractivity contribution in [2.75, 3.05) is 6.54 Å². The van der Waals surface area contributed by atoms with Gasteiger partial charge in [-0.2, -0.15) is 0 Å². The molecule has 80 valence electrons. The average Bonchev–Trinajstić information content (AvgIpc) is 2.34. The van der Waals surface area contributed by atoms with Crippen molar-refractivity contribution in [1.82, 2.24) is 4.90 Å². The lowest BCUT2D eigenvalue weighted by Gasteiger charge is -2.37. The molecule has 0 aliphatic carbocycles. The van der Waals surface area contributed by atoms with Crippen LogP contribution < -0.4 is 11.5 Å². The fourth-order valence-corrected chi connectivity index (χ4v) is 2.92. The summed E-state index contributed by atoms with van der Waals surface area (Å²) in [5.41, 5.74) is 11.1. The Morgan fingerprint density at radius 2 is 1.86 bits per heavy atom. The van der Waals surface area contributed by atoms with E-state index >= 15 is 0 Å². The van der Waals surface area contributed by atoms with Crippen LogP contribution in [0.2, 0.25) is 0 Å². The highest BCUT2D eigenvalue weighted by Crippen LogP contribution is 2.34. The van der Waals surface area contributed by atoms with Crippen molar-refractivity contribution < 1.29 is 4.79 Å². The molecular formula is C10H19N3O. The predicted octanol–water partition coefficient (Wildman–Crippen LogP) is -0.184. The van der Waals surface area contributed by atoms with Gasteiger partial charge >= 0.3 is 0 Å². The Balaban J connectivity index is 1.90. The van der Waals surface area contributed by atoms with Crippen molar-refractivity contribution in [2.45, 2.75) is 50.2 Å². The maximum absolute atomic E-state index is 10.7. The number of rotatable bonds is 3. The Hall–Kier alpha value is -0.610. The van der Waals surface area contributed by atoms with Crippen molar-refractivity contribution in [3.05, 3.63) is 0 Å². The van der Waals surface area contributed by atoms with Gasteiger partial charge in [-0.3, -0.25) is 9.69 Å². The van der Waals surface area contributed by atoms with Gasteiger partial charge in [-0.1, -0.05) is 0 Å². The van der Waals surface area contributed by atoms with Crippen LogP contribution in [0.25, 0.3) is 0 Å². The highest BCUT2D eigenvalue weighted by Gasteiger charge is 2.39. The molecule has 0 radical (unpaired) electrons. The highest BCUT2D eigenvalue weighted by molar-refractivity contribution is 5.73. The molecule has 4 heteroatoms. The van der Waals surface area contributed by atoms with Crippen LogP contribution in [0.3, 0.4) is 0 Å². The largest absolute Gasteiger partial charge is 0.370 e. The van der Waals surface area contributed by atoms with Crippen LogP contribution in [-0.2, 0) is 4.79 Å². The molecule has 14 heavy (non-hydrogen) atoms. The first-order valence-electron chi connectivity index (χ1n) is 5.46. The second-order valence-electron chi connectivity index (χ2n) is 4.57. The van der Waals surface area contributed by atoms with E-state index in [9.17, 15) is 4.79 Å². The number of hydrogen-bond donors (Lipinski definition) is 2. The number of carbonyl (C=O) groups is 1. The first-order chi connectivity index (χ1) is 6.66. The molecule has 0 saturated carbocycles. The van der Waals surface area contributed by atoms with E-state index in [2.05, 4.69) is 4.90 Å². The van der Waals surface area contributed by atoms with Gasteiger partial charge in [-0.15, -0.1) is 0 Å². The van der Waals surface area contributed by atoms with Crippen molar-refractivity contribution in [1.29, 1.82) is 0 Å². The lowest BCUT2D eigenvalue weighted by atomic mass is 9.98. The minimum absolute atomic E-state index is 0.195. The summed E-state index contributed by atoms with van der Waals surface area (Å²) in [5.74, 6) is -0.195. The topological polar surface area (TPSA) is 72.4 Å². The lowest BCUT2D eigenvalue weighted by Crippen LogP contribution is -2.48. The normalized spacial score (nSPS) is 37.4. The number of primary amides is 1. The molecule has 2 atom stereocenters. The van der Waals surface area contributed by atoms with Crippen molar-refractivity contribution in [2.24, 2.45) is 11.5 Å². The van der Waals surface area contributed by atoms with Crippen LogP contribution in [0.15, 0.2) is 0 Å². The smallest absolute Gasteiger partial charge is 0.218 e. The van der Waals surface area contributed by atoms with Gasteiger partial charge in [0.1, 0.15) is 0 Å². The van der Waals surface area contributed by atoms with Crippen LogP contribution in [0.1, 0.15) is 32.1 Å². The minimum atomic E-state index is -0.195. The second kappa shape index (κ2) is 3.87. The number of carbonyl (C=O) groups excluding carboxylic acids is 1. The number of piperidine rings is 1. The van der Waals surface area contributed by atoms with Gasteiger partial charge in [-0.05, 0) is 25.7 Å². The molecule has 2 rings (SSSR count). The Morgan fingerprint density at radius 3 is 2.36 bits per heavy atom. The quantitative estimate of drug-likeness (QED) is 0.659. The van der Waals surface area contributed by atoms with Crippen LogP contribution in [-0.4, -0.2) is 35.5 Å². The van der Waals surface area contributed by atoms with Crippen LogP contribution in [0.4, 0.5) is 0 Å². The number of hydrogen-bond acceptors (Lipinski definition) is 3. The number of nitrogens with two attached hydrogens (primary N) is 2. The van der Waals surface area contributed by atoms with E-state index in [1.165, 1.54) is 12.8 Å². The zero-order valence-electron chi connectivity index (χ0n) is 8.48. The monoisotopic (exact) mass is 197 g/mol. The van der Waals surface area contributed by atoms with Crippen molar-refractivity contribution >= 4 is 5.91 Å². The standard InChI is InChI=1S/C10H19N3O/c11-7-5-8-1-2-9(6-7)13(8)4-3-10(12)14/h7-9H,1-6,11H2,(H2,12,14). The van der Waals surface area contributed by atoms with Gasteiger partial charge in [0.2, 0.25) is 5.91 Å². The zero-order chi connectivity index (χ0) is 10.1. The summed E-state index contributed by atoms with van der Waals surface area (Å²) in [5, 5.41) is 0. The summed E-state index contributed by atoms with van der Waals surface area (Å²) in [4.78, 5) is 13.1. The lowest BCUT2D eigenvalue weighted by molar-refractivity contribution is -0.118. The SMILES string of the molecule is NC(=O)CCN1C2CCC1CC(N)C2. The molecule has 2 unspecified atom stereocenters. The van der Waals surface area contributed by atoms with Crippen LogP contribution in [0.5, 0.6) is 0 Å². The molecular weight excluding hydrogens is 178 g/mol. The van der Waals surface area contributed by atoms with E-state index in [4.69, 9.17) is 11.5 Å². The van der Waals surface area contributed by atoms with Crippen molar-refractivity contribution in [3.8, 4) is 0 Å². The van der Waals surface area contributed by atoms with Crippen molar-refractivity contribution in [3.63, 3.8) is 0 Å². The molecule has 2 heterocycles. The summed E-state index contributed by atoms with van der Waals surface area (Å²) in [6.45, 7) is 0.831. The molecule has 0 aromatic heterocycles. The Labute approximate surface area is 84.6 Å². The maximum atomic E-state index is 10.7. The molecule has 4 N–H and O–H groups in total. The first kappa shape index (κ1) is 9.93. The van der Waals surface area contributed by atoms with E-state index < -0.39 is 0 Å². The van der Waals surface area contributed by atoms with Crippen LogP contribution in [0, 0.1) is 0 Å². The fraction of sp³-hybridized carbons (Fsp3) is 0.900. The molecule has 2 bridgehead atoms. The van der Waals surface area contributed by atoms with E-state index in [-0.39, 0.29) is 5.91 Å². The summed E-state index contributed by atoms with van der Waals surface area (Å²) >= 11 is 0. The molecule has 2 aliphatic rings. The molecule has 0 aromatic rings.